The summed E-state index contributed by atoms with van der Waals surface area (Å²) < 4.78 is 4.96. The van der Waals surface area contributed by atoms with Gasteiger partial charge in [0.15, 0.2) is 5.75 Å². The van der Waals surface area contributed by atoms with Gasteiger partial charge in [-0.3, -0.25) is 14.9 Å². The zero-order valence-electron chi connectivity index (χ0n) is 14.8. The predicted octanol–water partition coefficient (Wildman–Crippen LogP) is 2.86. The number of ether oxygens (including phenoxy) is 1. The van der Waals surface area contributed by atoms with E-state index in [0.29, 0.717) is 11.3 Å². The van der Waals surface area contributed by atoms with Crippen LogP contribution in [-0.2, 0) is 4.79 Å². The van der Waals surface area contributed by atoms with Gasteiger partial charge in [0.2, 0.25) is 0 Å². The number of rotatable bonds is 7. The third-order valence-corrected chi connectivity index (χ3v) is 3.73. The summed E-state index contributed by atoms with van der Waals surface area (Å²) in [6, 6.07) is 12.1. The van der Waals surface area contributed by atoms with Crippen LogP contribution >= 0.6 is 0 Å². The molecule has 0 aliphatic carbocycles. The molecule has 0 aliphatic heterocycles. The molecular weight excluding hydrogens is 336 g/mol. The van der Waals surface area contributed by atoms with E-state index in [4.69, 9.17) is 4.74 Å². The van der Waals surface area contributed by atoms with Crippen LogP contribution in [0.5, 0.6) is 5.75 Å². The number of anilines is 1. The van der Waals surface area contributed by atoms with Crippen molar-refractivity contribution in [2.45, 2.75) is 13.8 Å². The van der Waals surface area contributed by atoms with Gasteiger partial charge in [0, 0.05) is 17.3 Å². The Morgan fingerprint density at radius 3 is 2.65 bits per heavy atom. The molecular formula is C18H20N4O4. The molecule has 2 aromatic rings. The third-order valence-electron chi connectivity index (χ3n) is 3.73. The molecule has 1 amide bonds. The Hall–Kier alpha value is -3.42. The zero-order valence-corrected chi connectivity index (χ0v) is 14.8. The van der Waals surface area contributed by atoms with E-state index in [1.807, 2.05) is 31.2 Å². The highest BCUT2D eigenvalue weighted by molar-refractivity contribution is 6.00. The van der Waals surface area contributed by atoms with Gasteiger partial charge in [-0.05, 0) is 37.6 Å². The van der Waals surface area contributed by atoms with Crippen molar-refractivity contribution in [3.8, 4) is 5.75 Å². The van der Waals surface area contributed by atoms with Gasteiger partial charge in [-0.2, -0.15) is 5.10 Å². The molecule has 0 spiro atoms. The number of methoxy groups -OCH3 is 1. The van der Waals surface area contributed by atoms with Crippen LogP contribution in [0.4, 0.5) is 11.4 Å². The van der Waals surface area contributed by atoms with Crippen LogP contribution < -0.4 is 15.5 Å². The van der Waals surface area contributed by atoms with E-state index in [1.54, 1.807) is 13.0 Å². The molecule has 26 heavy (non-hydrogen) atoms. The molecule has 2 aromatic carbocycles. The number of nitro groups is 1. The Labute approximate surface area is 151 Å². The molecule has 0 bridgehead atoms. The van der Waals surface area contributed by atoms with Gasteiger partial charge in [0.1, 0.15) is 0 Å². The summed E-state index contributed by atoms with van der Waals surface area (Å²) in [6.07, 6.45) is 0. The number of para-hydroxylation sites is 1. The second-order valence-electron chi connectivity index (χ2n) is 5.54. The monoisotopic (exact) mass is 356 g/mol. The molecule has 0 saturated heterocycles. The fourth-order valence-corrected chi connectivity index (χ4v) is 2.25. The van der Waals surface area contributed by atoms with Gasteiger partial charge in [-0.1, -0.05) is 18.2 Å². The maximum absolute atomic E-state index is 11.9. The second-order valence-corrected chi connectivity index (χ2v) is 5.54. The fourth-order valence-electron chi connectivity index (χ4n) is 2.25. The predicted molar refractivity (Wildman–Crippen MR) is 99.7 cm³/mol. The molecule has 0 heterocycles. The van der Waals surface area contributed by atoms with Crippen LogP contribution in [0, 0.1) is 17.0 Å². The van der Waals surface area contributed by atoms with Crippen molar-refractivity contribution in [3.63, 3.8) is 0 Å². The lowest BCUT2D eigenvalue weighted by Gasteiger charge is -2.08. The Morgan fingerprint density at radius 1 is 1.27 bits per heavy atom. The molecule has 8 nitrogen and oxygen atoms in total. The largest absolute Gasteiger partial charge is 0.490 e. The number of carbonyl (C=O) groups excluding carboxylic acids is 1. The maximum atomic E-state index is 11.9. The number of hydrogen-bond acceptors (Lipinski definition) is 6. The summed E-state index contributed by atoms with van der Waals surface area (Å²) in [5.74, 6) is -0.159. The number of benzene rings is 2. The van der Waals surface area contributed by atoms with Crippen molar-refractivity contribution < 1.29 is 14.5 Å². The number of hydrazone groups is 1. The number of hydrogen-bond donors (Lipinski definition) is 2. The van der Waals surface area contributed by atoms with Gasteiger partial charge in [0.25, 0.3) is 5.91 Å². The highest BCUT2D eigenvalue weighted by Gasteiger charge is 2.16. The van der Waals surface area contributed by atoms with Crippen molar-refractivity contribution in [1.29, 1.82) is 0 Å². The highest BCUT2D eigenvalue weighted by Crippen LogP contribution is 2.27. The van der Waals surface area contributed by atoms with E-state index in [-0.39, 0.29) is 23.9 Å². The van der Waals surface area contributed by atoms with E-state index in [9.17, 15) is 14.9 Å². The van der Waals surface area contributed by atoms with Crippen LogP contribution in [0.25, 0.3) is 0 Å². The summed E-state index contributed by atoms with van der Waals surface area (Å²) >= 11 is 0. The quantitative estimate of drug-likeness (QED) is 0.451. The lowest BCUT2D eigenvalue weighted by Crippen LogP contribution is -2.27. The number of nitro benzene ring substituents is 1. The molecule has 0 aliphatic rings. The van der Waals surface area contributed by atoms with Crippen molar-refractivity contribution in [2.75, 3.05) is 19.0 Å². The van der Waals surface area contributed by atoms with Gasteiger partial charge >= 0.3 is 5.69 Å². The summed E-state index contributed by atoms with van der Waals surface area (Å²) in [5, 5.41) is 18.1. The topological polar surface area (TPSA) is 106 Å². The Morgan fingerprint density at radius 2 is 2.00 bits per heavy atom. The van der Waals surface area contributed by atoms with E-state index in [2.05, 4.69) is 15.8 Å². The van der Waals surface area contributed by atoms with Crippen LogP contribution in [0.3, 0.4) is 0 Å². The van der Waals surface area contributed by atoms with Gasteiger partial charge < -0.3 is 10.1 Å². The van der Waals surface area contributed by atoms with E-state index in [0.717, 1.165) is 11.3 Å². The summed E-state index contributed by atoms with van der Waals surface area (Å²) in [4.78, 5) is 22.5. The number of nitrogens with one attached hydrogen (secondary N) is 2. The maximum Gasteiger partial charge on any atom is 0.311 e. The third kappa shape index (κ3) is 4.79. The summed E-state index contributed by atoms with van der Waals surface area (Å²) in [6.45, 7) is 3.66. The minimum Gasteiger partial charge on any atom is -0.490 e. The van der Waals surface area contributed by atoms with Crippen LogP contribution in [-0.4, -0.2) is 30.2 Å². The first kappa shape index (κ1) is 18.9. The second kappa shape index (κ2) is 8.61. The summed E-state index contributed by atoms with van der Waals surface area (Å²) in [7, 11) is 1.37. The first-order chi connectivity index (χ1) is 12.4. The molecule has 136 valence electrons. The number of carbonyl (C=O) groups is 1. The van der Waals surface area contributed by atoms with Crippen LogP contribution in [0.2, 0.25) is 0 Å². The highest BCUT2D eigenvalue weighted by atomic mass is 16.6. The molecule has 0 unspecified atom stereocenters. The molecule has 2 N–H and O–H groups in total. The minimum atomic E-state index is -0.527. The average Bonchev–Trinajstić information content (AvgIpc) is 2.64. The Bertz CT molecular complexity index is 849. The van der Waals surface area contributed by atoms with Gasteiger partial charge in [0.05, 0.1) is 24.3 Å². The average molecular weight is 356 g/mol. The van der Waals surface area contributed by atoms with Crippen LogP contribution in [0.1, 0.15) is 18.1 Å². The molecule has 0 atom stereocenters. The lowest BCUT2D eigenvalue weighted by atomic mass is 10.1. The fraction of sp³-hybridized carbons (Fsp3) is 0.222. The lowest BCUT2D eigenvalue weighted by molar-refractivity contribution is -0.385. The number of nitrogens with zero attached hydrogens (tertiary/aromatic N) is 2. The van der Waals surface area contributed by atoms with E-state index < -0.39 is 4.92 Å². The van der Waals surface area contributed by atoms with Crippen LogP contribution in [0.15, 0.2) is 47.6 Å². The first-order valence-corrected chi connectivity index (χ1v) is 7.87. The van der Waals surface area contributed by atoms with Crippen molar-refractivity contribution in [3.05, 3.63) is 63.7 Å². The normalized spacial score (nSPS) is 11.0. The van der Waals surface area contributed by atoms with Crippen molar-refractivity contribution >= 4 is 23.0 Å². The van der Waals surface area contributed by atoms with Gasteiger partial charge in [-0.25, -0.2) is 5.43 Å². The van der Waals surface area contributed by atoms with Gasteiger partial charge in [-0.15, -0.1) is 0 Å². The number of amides is 1. The van der Waals surface area contributed by atoms with E-state index >= 15 is 0 Å². The molecule has 0 saturated carbocycles. The molecule has 8 heteroatoms. The Balaban J connectivity index is 2.01. The molecule has 0 radical (unpaired) electrons. The smallest absolute Gasteiger partial charge is 0.311 e. The first-order valence-electron chi connectivity index (χ1n) is 7.87. The van der Waals surface area contributed by atoms with E-state index in [1.165, 1.54) is 19.2 Å². The van der Waals surface area contributed by atoms with Crippen molar-refractivity contribution in [1.82, 2.24) is 5.43 Å². The standard InChI is InChI=1S/C18H20N4O4/c1-12-6-4-5-7-15(12)19-11-18(23)21-20-13(2)14-8-9-17(26-3)16(10-14)22(24)25/h4-10,19H,11H2,1-3H3,(H,21,23)/b20-13+. The minimum absolute atomic E-state index is 0.0599. The molecule has 0 aromatic heterocycles. The summed E-state index contributed by atoms with van der Waals surface area (Å²) in [5.41, 5.74) is 5.14. The molecule has 2 rings (SSSR count). The number of aryl methyl sites for hydroxylation is 1. The van der Waals surface area contributed by atoms with Crippen molar-refractivity contribution in [2.24, 2.45) is 5.10 Å². The Kier molecular flexibility index (Phi) is 6.26. The zero-order chi connectivity index (χ0) is 19.1. The SMILES string of the molecule is COc1ccc(/C(C)=N/NC(=O)CNc2ccccc2C)cc1[N+](=O)[O-]. The molecule has 0 fully saturated rings.